The molecule has 0 aliphatic carbocycles. The molecule has 118 valence electrons. The molecule has 0 aromatic carbocycles. The van der Waals surface area contributed by atoms with Crippen molar-refractivity contribution in [2.45, 2.75) is 20.3 Å². The molecule has 2 N–H and O–H groups in total. The number of anilines is 1. The molecule has 0 radical (unpaired) electrons. The van der Waals surface area contributed by atoms with Gasteiger partial charge < -0.3 is 5.11 Å². The van der Waals surface area contributed by atoms with E-state index < -0.39 is 0 Å². The molecule has 0 fully saturated rings. The monoisotopic (exact) mass is 323 g/mol. The van der Waals surface area contributed by atoms with E-state index in [1.54, 1.807) is 12.3 Å². The van der Waals surface area contributed by atoms with E-state index in [0.29, 0.717) is 22.8 Å². The third-order valence-corrected chi connectivity index (χ3v) is 3.69. The van der Waals surface area contributed by atoms with Crippen LogP contribution in [0.5, 0.6) is 0 Å². The van der Waals surface area contributed by atoms with Crippen LogP contribution >= 0.6 is 11.6 Å². The number of hydrogen-bond acceptors (Lipinski definition) is 5. The molecule has 0 aliphatic rings. The average Bonchev–Trinajstić information content (AvgIpc) is 2.94. The van der Waals surface area contributed by atoms with E-state index in [1.165, 1.54) is 13.2 Å². The van der Waals surface area contributed by atoms with Gasteiger partial charge in [-0.3, -0.25) is 5.10 Å². The number of H-pyrrole nitrogens is 1. The van der Waals surface area contributed by atoms with E-state index in [4.69, 9.17) is 11.6 Å². The molecule has 22 heavy (non-hydrogen) atoms. The van der Waals surface area contributed by atoms with Gasteiger partial charge in [0, 0.05) is 36.7 Å². The number of pyridine rings is 1. The summed E-state index contributed by atoms with van der Waals surface area (Å²) in [6.45, 7) is 3.97. The van der Waals surface area contributed by atoms with Crippen LogP contribution in [0.25, 0.3) is 11.1 Å². The first-order chi connectivity index (χ1) is 10.4. The van der Waals surface area contributed by atoms with Crippen LogP contribution in [0.4, 0.5) is 5.82 Å². The standard InChI is InChI=1S/C14H18ClN5O2/c1-14(2,8-21)5-12-10(6-17-18-12)9-4-13(20(3)19-22)16-7-11(9)15/h4,6-7,21H,5,8H2,1-3H3,(H,17,18). The van der Waals surface area contributed by atoms with E-state index >= 15 is 0 Å². The van der Waals surface area contributed by atoms with Gasteiger partial charge in [0.05, 0.1) is 16.5 Å². The minimum absolute atomic E-state index is 0.0542. The number of nitroso groups, excluding NO2 is 1. The molecule has 2 aromatic heterocycles. The zero-order valence-corrected chi connectivity index (χ0v) is 13.4. The molecular weight excluding hydrogens is 306 g/mol. The van der Waals surface area contributed by atoms with Crippen LogP contribution < -0.4 is 5.01 Å². The fraction of sp³-hybridized carbons (Fsp3) is 0.429. The van der Waals surface area contributed by atoms with Crippen molar-refractivity contribution in [3.8, 4) is 11.1 Å². The lowest BCUT2D eigenvalue weighted by Gasteiger charge is -2.21. The van der Waals surface area contributed by atoms with Crippen LogP contribution in [0.3, 0.4) is 0 Å². The molecule has 0 atom stereocenters. The van der Waals surface area contributed by atoms with Crippen molar-refractivity contribution in [2.24, 2.45) is 10.7 Å². The molecule has 0 spiro atoms. The maximum Gasteiger partial charge on any atom is 0.152 e. The minimum atomic E-state index is -0.287. The van der Waals surface area contributed by atoms with Crippen molar-refractivity contribution in [2.75, 3.05) is 18.7 Å². The second-order valence-electron chi connectivity index (χ2n) is 5.89. The molecule has 8 heteroatoms. The first kappa shape index (κ1) is 16.4. The van der Waals surface area contributed by atoms with Crippen LogP contribution in [0.15, 0.2) is 23.7 Å². The van der Waals surface area contributed by atoms with Gasteiger partial charge in [0.2, 0.25) is 0 Å². The molecule has 0 saturated heterocycles. The van der Waals surface area contributed by atoms with Crippen molar-refractivity contribution in [3.05, 3.63) is 34.1 Å². The van der Waals surface area contributed by atoms with Gasteiger partial charge in [0.25, 0.3) is 0 Å². The predicted molar refractivity (Wildman–Crippen MR) is 85.6 cm³/mol. The van der Waals surface area contributed by atoms with Gasteiger partial charge in [-0.05, 0) is 17.9 Å². The van der Waals surface area contributed by atoms with Gasteiger partial charge in [-0.2, -0.15) is 5.10 Å². The lowest BCUT2D eigenvalue weighted by atomic mass is 9.87. The van der Waals surface area contributed by atoms with Crippen molar-refractivity contribution in [1.29, 1.82) is 0 Å². The summed E-state index contributed by atoms with van der Waals surface area (Å²) in [5.41, 5.74) is 2.10. The maximum atomic E-state index is 10.6. The smallest absolute Gasteiger partial charge is 0.152 e. The number of nitrogens with zero attached hydrogens (tertiary/aromatic N) is 4. The Bertz CT molecular complexity index is 671. The highest BCUT2D eigenvalue weighted by Crippen LogP contribution is 2.34. The predicted octanol–water partition coefficient (Wildman–Crippen LogP) is 2.80. The van der Waals surface area contributed by atoms with Crippen LogP contribution in [0.2, 0.25) is 5.02 Å². The Labute approximate surface area is 133 Å². The van der Waals surface area contributed by atoms with Gasteiger partial charge >= 0.3 is 0 Å². The molecule has 0 saturated carbocycles. The Morgan fingerprint density at radius 1 is 1.41 bits per heavy atom. The van der Waals surface area contributed by atoms with Crippen molar-refractivity contribution in [1.82, 2.24) is 15.2 Å². The molecule has 2 aromatic rings. The second kappa shape index (κ2) is 6.41. The molecule has 0 aliphatic heterocycles. The Morgan fingerprint density at radius 3 is 2.77 bits per heavy atom. The second-order valence-corrected chi connectivity index (χ2v) is 6.30. The number of halogens is 1. The lowest BCUT2D eigenvalue weighted by Crippen LogP contribution is -2.20. The molecular formula is C14H18ClN5O2. The van der Waals surface area contributed by atoms with Gasteiger partial charge in [-0.25, -0.2) is 9.99 Å². The highest BCUT2D eigenvalue weighted by atomic mass is 35.5. The zero-order chi connectivity index (χ0) is 16.3. The maximum absolute atomic E-state index is 10.6. The van der Waals surface area contributed by atoms with Crippen molar-refractivity contribution in [3.63, 3.8) is 0 Å². The van der Waals surface area contributed by atoms with E-state index in [-0.39, 0.29) is 12.0 Å². The summed E-state index contributed by atoms with van der Waals surface area (Å²) in [7, 11) is 1.51. The number of rotatable bonds is 6. The number of hydrogen-bond donors (Lipinski definition) is 2. The largest absolute Gasteiger partial charge is 0.396 e. The van der Waals surface area contributed by atoms with Crippen LogP contribution in [-0.2, 0) is 6.42 Å². The van der Waals surface area contributed by atoms with Gasteiger partial charge in [-0.15, -0.1) is 4.91 Å². The number of aromatic nitrogens is 3. The highest BCUT2D eigenvalue weighted by molar-refractivity contribution is 6.33. The third kappa shape index (κ3) is 3.42. The molecule has 0 amide bonds. The lowest BCUT2D eigenvalue weighted by molar-refractivity contribution is 0.159. The summed E-state index contributed by atoms with van der Waals surface area (Å²) in [4.78, 5) is 14.7. The normalized spacial score (nSPS) is 11.5. The van der Waals surface area contributed by atoms with Crippen LogP contribution in [0.1, 0.15) is 19.5 Å². The summed E-state index contributed by atoms with van der Waals surface area (Å²) in [5, 5.41) is 20.8. The number of aliphatic hydroxyl groups excluding tert-OH is 1. The average molecular weight is 324 g/mol. The van der Waals surface area contributed by atoms with Gasteiger partial charge in [0.15, 0.2) is 5.82 Å². The quantitative estimate of drug-likeness (QED) is 0.629. The molecule has 2 heterocycles. The number of nitrogens with one attached hydrogen (secondary N) is 1. The molecule has 7 nitrogen and oxygen atoms in total. The van der Waals surface area contributed by atoms with Gasteiger partial charge in [0.1, 0.15) is 0 Å². The number of aromatic amines is 1. The van der Waals surface area contributed by atoms with Crippen LogP contribution in [-0.4, -0.2) is 33.9 Å². The summed E-state index contributed by atoms with van der Waals surface area (Å²) in [6.07, 6.45) is 3.75. The minimum Gasteiger partial charge on any atom is -0.396 e. The topological polar surface area (TPSA) is 94.5 Å². The first-order valence-corrected chi connectivity index (χ1v) is 7.12. The van der Waals surface area contributed by atoms with E-state index in [9.17, 15) is 10.0 Å². The zero-order valence-electron chi connectivity index (χ0n) is 12.7. The summed E-state index contributed by atoms with van der Waals surface area (Å²) < 4.78 is 0. The molecule has 0 unspecified atom stereocenters. The third-order valence-electron chi connectivity index (χ3n) is 3.39. The van der Waals surface area contributed by atoms with E-state index in [0.717, 1.165) is 16.3 Å². The fourth-order valence-electron chi connectivity index (χ4n) is 2.07. The SMILES string of the molecule is CN(N=O)c1cc(-c2cn[nH]c2CC(C)(C)CO)c(Cl)cn1. The van der Waals surface area contributed by atoms with E-state index in [2.05, 4.69) is 20.5 Å². The Balaban J connectivity index is 2.45. The van der Waals surface area contributed by atoms with E-state index in [1.807, 2.05) is 13.8 Å². The molecule has 2 rings (SSSR count). The van der Waals surface area contributed by atoms with Crippen LogP contribution in [0, 0.1) is 10.3 Å². The number of aliphatic hydroxyl groups is 1. The Kier molecular flexibility index (Phi) is 4.77. The van der Waals surface area contributed by atoms with Gasteiger partial charge in [-0.1, -0.05) is 25.4 Å². The Hall–Kier alpha value is -1.99. The summed E-state index contributed by atoms with van der Waals surface area (Å²) >= 11 is 6.23. The fourth-order valence-corrected chi connectivity index (χ4v) is 2.27. The summed E-state index contributed by atoms with van der Waals surface area (Å²) in [5.74, 6) is 0.392. The summed E-state index contributed by atoms with van der Waals surface area (Å²) in [6, 6.07) is 1.68. The Morgan fingerprint density at radius 2 is 2.14 bits per heavy atom. The van der Waals surface area contributed by atoms with Crippen molar-refractivity contribution >= 4 is 17.4 Å². The highest BCUT2D eigenvalue weighted by Gasteiger charge is 2.22. The molecule has 0 bridgehead atoms. The first-order valence-electron chi connectivity index (χ1n) is 6.74. The van der Waals surface area contributed by atoms with Crippen molar-refractivity contribution < 1.29 is 5.11 Å².